The molecule has 0 aromatic carbocycles. The van der Waals surface area contributed by atoms with Crippen LogP contribution in [0.25, 0.3) is 0 Å². The molecule has 1 N–H and O–H groups in total. The molecule has 2 aliphatic rings. The van der Waals surface area contributed by atoms with Gasteiger partial charge in [0.15, 0.2) is 0 Å². The first kappa shape index (κ1) is 12.2. The first-order valence-corrected chi connectivity index (χ1v) is 6.58. The Morgan fingerprint density at radius 2 is 1.88 bits per heavy atom. The first-order valence-electron chi connectivity index (χ1n) is 6.58. The molecule has 0 aromatic heterocycles. The van der Waals surface area contributed by atoms with Crippen LogP contribution in [0.4, 0.5) is 0 Å². The number of allylic oxidation sites excluding steroid dienone is 2. The lowest BCUT2D eigenvalue weighted by molar-refractivity contribution is -0.0264. The maximum Gasteiger partial charge on any atom is 0.0467 e. The van der Waals surface area contributed by atoms with Crippen molar-refractivity contribution in [1.82, 2.24) is 0 Å². The average Bonchev–Trinajstić information content (AvgIpc) is 2.38. The molecule has 0 radical (unpaired) electrons. The van der Waals surface area contributed by atoms with E-state index < -0.39 is 0 Å². The second kappa shape index (κ2) is 3.35. The largest absolute Gasteiger partial charge is 0.396 e. The predicted octanol–water partition coefficient (Wildman–Crippen LogP) is 3.78. The minimum Gasteiger partial charge on any atom is -0.396 e. The lowest BCUT2D eigenvalue weighted by Crippen LogP contribution is -2.47. The van der Waals surface area contributed by atoms with E-state index in [1.807, 2.05) is 0 Å². The van der Waals surface area contributed by atoms with Crippen LogP contribution in [0.15, 0.2) is 11.6 Å². The van der Waals surface area contributed by atoms with E-state index in [9.17, 15) is 5.11 Å². The number of aliphatic hydroxyl groups is 1. The van der Waals surface area contributed by atoms with Crippen LogP contribution in [0.3, 0.4) is 0 Å². The van der Waals surface area contributed by atoms with Crippen molar-refractivity contribution < 1.29 is 5.11 Å². The van der Waals surface area contributed by atoms with Gasteiger partial charge in [-0.2, -0.15) is 0 Å². The van der Waals surface area contributed by atoms with Crippen molar-refractivity contribution in [2.24, 2.45) is 22.2 Å². The van der Waals surface area contributed by atoms with Crippen LogP contribution in [-0.4, -0.2) is 11.7 Å². The molecule has 0 aliphatic heterocycles. The zero-order chi connectivity index (χ0) is 12.2. The van der Waals surface area contributed by atoms with Gasteiger partial charge >= 0.3 is 0 Å². The Bertz CT molecular complexity index is 324. The molecule has 1 nitrogen and oxygen atoms in total. The summed E-state index contributed by atoms with van der Waals surface area (Å²) >= 11 is 0. The van der Waals surface area contributed by atoms with Crippen molar-refractivity contribution in [2.45, 2.75) is 53.9 Å². The van der Waals surface area contributed by atoms with Crippen molar-refractivity contribution in [2.75, 3.05) is 6.61 Å². The van der Waals surface area contributed by atoms with E-state index in [1.54, 1.807) is 5.57 Å². The molecular formula is C15H26O. The summed E-state index contributed by atoms with van der Waals surface area (Å²) in [5.74, 6) is 0.432. The number of rotatable bonds is 1. The minimum atomic E-state index is 0.206. The normalized spacial score (nSPS) is 40.4. The summed E-state index contributed by atoms with van der Waals surface area (Å²) in [5.41, 5.74) is 2.42. The number of hydrogen-bond donors (Lipinski definition) is 1. The third-order valence-electron chi connectivity index (χ3n) is 6.15. The van der Waals surface area contributed by atoms with Gasteiger partial charge in [0.1, 0.15) is 0 Å². The fraction of sp³-hybridized carbons (Fsp3) is 0.867. The van der Waals surface area contributed by atoms with E-state index >= 15 is 0 Å². The van der Waals surface area contributed by atoms with Gasteiger partial charge in [-0.05, 0) is 41.4 Å². The standard InChI is InChI=1S/C15H26O/c1-13(2)8-6-7-11-9-12(10-16)14(3,4)15(11,13)5/h7,12,16H,6,8-10H2,1-5H3. The molecule has 0 bridgehead atoms. The summed E-state index contributed by atoms with van der Waals surface area (Å²) in [6.45, 7) is 12.3. The molecule has 2 atom stereocenters. The molecule has 2 aliphatic carbocycles. The number of fused-ring (bicyclic) bond motifs is 1. The maximum absolute atomic E-state index is 9.61. The van der Waals surface area contributed by atoms with Crippen molar-refractivity contribution in [3.8, 4) is 0 Å². The molecule has 16 heavy (non-hydrogen) atoms. The van der Waals surface area contributed by atoms with Crippen LogP contribution >= 0.6 is 0 Å². The van der Waals surface area contributed by atoms with Crippen molar-refractivity contribution in [3.05, 3.63) is 11.6 Å². The van der Waals surface area contributed by atoms with Crippen LogP contribution in [0.1, 0.15) is 53.9 Å². The third-order valence-corrected chi connectivity index (χ3v) is 6.15. The summed E-state index contributed by atoms with van der Waals surface area (Å²) in [7, 11) is 0. The van der Waals surface area contributed by atoms with Crippen LogP contribution < -0.4 is 0 Å². The number of hydrogen-bond acceptors (Lipinski definition) is 1. The highest BCUT2D eigenvalue weighted by atomic mass is 16.3. The van der Waals surface area contributed by atoms with Crippen molar-refractivity contribution >= 4 is 0 Å². The molecule has 92 valence electrons. The molecule has 0 heterocycles. The summed E-state index contributed by atoms with van der Waals surface area (Å²) in [6, 6.07) is 0. The summed E-state index contributed by atoms with van der Waals surface area (Å²) in [4.78, 5) is 0. The van der Waals surface area contributed by atoms with Gasteiger partial charge in [0.05, 0.1) is 0 Å². The van der Waals surface area contributed by atoms with E-state index in [4.69, 9.17) is 0 Å². The van der Waals surface area contributed by atoms with Crippen molar-refractivity contribution in [1.29, 1.82) is 0 Å². The summed E-state index contributed by atoms with van der Waals surface area (Å²) < 4.78 is 0. The quantitative estimate of drug-likeness (QED) is 0.669. The van der Waals surface area contributed by atoms with Gasteiger partial charge in [-0.15, -0.1) is 0 Å². The van der Waals surface area contributed by atoms with Crippen LogP contribution in [-0.2, 0) is 0 Å². The van der Waals surface area contributed by atoms with Gasteiger partial charge in [0.2, 0.25) is 0 Å². The minimum absolute atomic E-state index is 0.206. The van der Waals surface area contributed by atoms with Crippen LogP contribution in [0.5, 0.6) is 0 Å². The Hall–Kier alpha value is -0.300. The van der Waals surface area contributed by atoms with E-state index in [2.05, 4.69) is 40.7 Å². The summed E-state index contributed by atoms with van der Waals surface area (Å²) in [6.07, 6.45) is 6.03. The van der Waals surface area contributed by atoms with Gasteiger partial charge in [0.25, 0.3) is 0 Å². The van der Waals surface area contributed by atoms with E-state index in [-0.39, 0.29) is 10.8 Å². The zero-order valence-electron chi connectivity index (χ0n) is 11.4. The molecule has 0 spiro atoms. The second-order valence-corrected chi connectivity index (χ2v) is 7.08. The first-order chi connectivity index (χ1) is 7.27. The maximum atomic E-state index is 9.61. The average molecular weight is 222 g/mol. The van der Waals surface area contributed by atoms with Gasteiger partial charge < -0.3 is 5.11 Å². The third kappa shape index (κ3) is 1.21. The Morgan fingerprint density at radius 1 is 1.25 bits per heavy atom. The van der Waals surface area contributed by atoms with E-state index in [0.717, 1.165) is 6.42 Å². The second-order valence-electron chi connectivity index (χ2n) is 7.08. The lowest BCUT2D eigenvalue weighted by Gasteiger charge is -2.54. The van der Waals surface area contributed by atoms with Crippen LogP contribution in [0, 0.1) is 22.2 Å². The molecule has 1 heteroatoms. The molecule has 0 amide bonds. The van der Waals surface area contributed by atoms with E-state index in [1.165, 1.54) is 12.8 Å². The Balaban J connectivity index is 2.54. The number of aliphatic hydroxyl groups excluding tert-OH is 1. The molecule has 2 unspecified atom stereocenters. The Kier molecular flexibility index (Phi) is 2.55. The molecule has 1 fully saturated rings. The highest BCUT2D eigenvalue weighted by molar-refractivity contribution is 5.31. The molecule has 1 saturated carbocycles. The fourth-order valence-electron chi connectivity index (χ4n) is 4.29. The highest BCUT2D eigenvalue weighted by Gasteiger charge is 2.61. The summed E-state index contributed by atoms with van der Waals surface area (Å²) in [5, 5.41) is 9.61. The monoisotopic (exact) mass is 222 g/mol. The highest BCUT2D eigenvalue weighted by Crippen LogP contribution is 2.68. The molecule has 0 aromatic rings. The fourth-order valence-corrected chi connectivity index (χ4v) is 4.29. The molecule has 0 saturated heterocycles. The Labute approximate surface area is 99.9 Å². The van der Waals surface area contributed by atoms with Crippen LogP contribution in [0.2, 0.25) is 0 Å². The smallest absolute Gasteiger partial charge is 0.0467 e. The lowest BCUT2D eigenvalue weighted by atomic mass is 9.50. The van der Waals surface area contributed by atoms with Gasteiger partial charge in [-0.1, -0.05) is 46.3 Å². The Morgan fingerprint density at radius 3 is 2.38 bits per heavy atom. The zero-order valence-corrected chi connectivity index (χ0v) is 11.4. The van der Waals surface area contributed by atoms with Gasteiger partial charge in [-0.25, -0.2) is 0 Å². The van der Waals surface area contributed by atoms with Crippen molar-refractivity contribution in [3.63, 3.8) is 0 Å². The molecular weight excluding hydrogens is 196 g/mol. The van der Waals surface area contributed by atoms with Gasteiger partial charge in [-0.3, -0.25) is 0 Å². The van der Waals surface area contributed by atoms with E-state index in [0.29, 0.717) is 17.9 Å². The topological polar surface area (TPSA) is 20.2 Å². The predicted molar refractivity (Wildman–Crippen MR) is 68.2 cm³/mol. The SMILES string of the molecule is CC1(C)CCC=C2CC(CO)C(C)(C)C21C. The van der Waals surface area contributed by atoms with Gasteiger partial charge in [0, 0.05) is 6.61 Å². The molecule has 2 rings (SSSR count).